The van der Waals surface area contributed by atoms with Gasteiger partial charge in [0.15, 0.2) is 0 Å². The third-order valence-electron chi connectivity index (χ3n) is 5.49. The predicted molar refractivity (Wildman–Crippen MR) is 97.9 cm³/mol. The number of carbonyl (C=O) groups excluding carboxylic acids is 1. The Morgan fingerprint density at radius 1 is 1.30 bits per heavy atom. The van der Waals surface area contributed by atoms with E-state index in [4.69, 9.17) is 9.26 Å². The Hall–Kier alpha value is -2.19. The molecule has 4 rings (SSSR count). The zero-order valence-corrected chi connectivity index (χ0v) is 16.1. The second-order valence-corrected chi connectivity index (χ2v) is 7.50. The zero-order chi connectivity index (χ0) is 18.8. The van der Waals surface area contributed by atoms with E-state index < -0.39 is 0 Å². The van der Waals surface area contributed by atoms with Gasteiger partial charge in [0.2, 0.25) is 5.91 Å². The Morgan fingerprint density at radius 3 is 2.85 bits per heavy atom. The number of hydrogen-bond acceptors (Lipinski definition) is 6. The number of aryl methyl sites for hydroxylation is 2. The number of ether oxygens (including phenoxy) is 1. The summed E-state index contributed by atoms with van der Waals surface area (Å²) < 4.78 is 13.3. The van der Waals surface area contributed by atoms with Gasteiger partial charge in [0, 0.05) is 44.5 Å². The Bertz CT molecular complexity index is 774. The topological polar surface area (TPSA) is 76.6 Å². The van der Waals surface area contributed by atoms with Gasteiger partial charge in [-0.05, 0) is 32.8 Å². The molecule has 1 atom stereocenters. The molecule has 8 nitrogen and oxygen atoms in total. The Balaban J connectivity index is 1.44. The summed E-state index contributed by atoms with van der Waals surface area (Å²) in [6.07, 6.45) is 3.92. The van der Waals surface area contributed by atoms with Crippen LogP contribution in [0.1, 0.15) is 35.6 Å². The molecule has 0 aromatic carbocycles. The first kappa shape index (κ1) is 18.2. The first-order chi connectivity index (χ1) is 13.1. The summed E-state index contributed by atoms with van der Waals surface area (Å²) in [5, 5.41) is 8.48. The lowest BCUT2D eigenvalue weighted by Crippen LogP contribution is -2.37. The van der Waals surface area contributed by atoms with Gasteiger partial charge < -0.3 is 14.2 Å². The molecule has 4 heterocycles. The number of likely N-dealkylation sites (tertiary alicyclic amines) is 1. The van der Waals surface area contributed by atoms with Gasteiger partial charge in [-0.1, -0.05) is 5.16 Å². The standard InChI is InChI=1S/C19H27N5O3/c1-14-18(15(2)27-21-14)12-22-9-16-5-6-20-24(16)11-17(10-22)26-13-19(25)23-7-3-4-8-23/h5-6,17H,3-4,7-13H2,1-2H3/t17-/m0/s1. The fourth-order valence-corrected chi connectivity index (χ4v) is 3.92. The minimum Gasteiger partial charge on any atom is -0.365 e. The van der Waals surface area contributed by atoms with Crippen LogP contribution < -0.4 is 0 Å². The minimum absolute atomic E-state index is 0.0850. The molecule has 0 N–H and O–H groups in total. The predicted octanol–water partition coefficient (Wildman–Crippen LogP) is 1.51. The number of carbonyl (C=O) groups is 1. The van der Waals surface area contributed by atoms with E-state index in [1.807, 2.05) is 35.7 Å². The molecule has 27 heavy (non-hydrogen) atoms. The third kappa shape index (κ3) is 4.06. The Kier molecular flexibility index (Phi) is 5.27. The van der Waals surface area contributed by atoms with Crippen molar-refractivity contribution in [3.63, 3.8) is 0 Å². The number of aromatic nitrogens is 3. The summed E-state index contributed by atoms with van der Waals surface area (Å²) in [7, 11) is 0. The van der Waals surface area contributed by atoms with Crippen LogP contribution >= 0.6 is 0 Å². The highest BCUT2D eigenvalue weighted by Crippen LogP contribution is 2.20. The van der Waals surface area contributed by atoms with Gasteiger partial charge in [-0.15, -0.1) is 0 Å². The molecular formula is C19H27N5O3. The molecule has 146 valence electrons. The maximum absolute atomic E-state index is 12.3. The number of rotatable bonds is 5. The van der Waals surface area contributed by atoms with Crippen molar-refractivity contribution in [2.75, 3.05) is 26.2 Å². The van der Waals surface area contributed by atoms with Crippen LogP contribution in [0.25, 0.3) is 0 Å². The fourth-order valence-electron chi connectivity index (χ4n) is 3.92. The van der Waals surface area contributed by atoms with E-state index in [0.29, 0.717) is 6.54 Å². The maximum Gasteiger partial charge on any atom is 0.248 e. The van der Waals surface area contributed by atoms with Crippen LogP contribution in [0.15, 0.2) is 16.8 Å². The first-order valence-electron chi connectivity index (χ1n) is 9.64. The maximum atomic E-state index is 12.3. The molecule has 2 aromatic heterocycles. The lowest BCUT2D eigenvalue weighted by atomic mass is 10.2. The molecule has 0 aliphatic carbocycles. The second-order valence-electron chi connectivity index (χ2n) is 7.50. The lowest BCUT2D eigenvalue weighted by Gasteiger charge is -2.24. The second kappa shape index (κ2) is 7.82. The summed E-state index contributed by atoms with van der Waals surface area (Å²) >= 11 is 0. The molecule has 1 amide bonds. The van der Waals surface area contributed by atoms with Crippen LogP contribution in [0.3, 0.4) is 0 Å². The zero-order valence-electron chi connectivity index (χ0n) is 16.1. The van der Waals surface area contributed by atoms with Crippen LogP contribution in [0.2, 0.25) is 0 Å². The molecule has 0 unspecified atom stereocenters. The molecular weight excluding hydrogens is 346 g/mol. The van der Waals surface area contributed by atoms with Crippen molar-refractivity contribution in [2.45, 2.75) is 52.4 Å². The van der Waals surface area contributed by atoms with Crippen LogP contribution in [0, 0.1) is 13.8 Å². The Labute approximate surface area is 159 Å². The van der Waals surface area contributed by atoms with Crippen LogP contribution in [-0.4, -0.2) is 63.0 Å². The molecule has 8 heteroatoms. The van der Waals surface area contributed by atoms with E-state index in [2.05, 4.69) is 15.2 Å². The van der Waals surface area contributed by atoms with E-state index in [9.17, 15) is 4.79 Å². The van der Waals surface area contributed by atoms with Gasteiger partial charge >= 0.3 is 0 Å². The van der Waals surface area contributed by atoms with E-state index in [1.165, 1.54) is 0 Å². The lowest BCUT2D eigenvalue weighted by molar-refractivity contribution is -0.137. The molecule has 0 radical (unpaired) electrons. The van der Waals surface area contributed by atoms with Crippen LogP contribution in [0.5, 0.6) is 0 Å². The molecule has 1 saturated heterocycles. The highest BCUT2D eigenvalue weighted by Gasteiger charge is 2.26. The van der Waals surface area contributed by atoms with E-state index in [-0.39, 0.29) is 18.6 Å². The van der Waals surface area contributed by atoms with Crippen molar-refractivity contribution >= 4 is 5.91 Å². The van der Waals surface area contributed by atoms with Crippen molar-refractivity contribution in [3.05, 3.63) is 35.0 Å². The molecule has 0 spiro atoms. The molecule has 0 saturated carbocycles. The largest absolute Gasteiger partial charge is 0.365 e. The highest BCUT2D eigenvalue weighted by molar-refractivity contribution is 5.77. The Morgan fingerprint density at radius 2 is 2.11 bits per heavy atom. The van der Waals surface area contributed by atoms with E-state index in [0.717, 1.165) is 68.3 Å². The van der Waals surface area contributed by atoms with Crippen molar-refractivity contribution in [1.82, 2.24) is 24.7 Å². The number of amides is 1. The smallest absolute Gasteiger partial charge is 0.248 e. The fraction of sp³-hybridized carbons (Fsp3) is 0.632. The molecule has 2 aromatic rings. The van der Waals surface area contributed by atoms with Gasteiger partial charge in [-0.25, -0.2) is 0 Å². The minimum atomic E-state index is -0.0850. The highest BCUT2D eigenvalue weighted by atomic mass is 16.5. The summed E-state index contributed by atoms with van der Waals surface area (Å²) in [6.45, 7) is 8.69. The number of nitrogens with zero attached hydrogens (tertiary/aromatic N) is 5. The van der Waals surface area contributed by atoms with Crippen molar-refractivity contribution in [1.29, 1.82) is 0 Å². The SMILES string of the molecule is Cc1noc(C)c1CN1Cc2ccnn2C[C@@H](OCC(=O)N2CCCC2)C1. The normalized spacial score (nSPS) is 20.7. The molecule has 2 aliphatic rings. The first-order valence-corrected chi connectivity index (χ1v) is 9.64. The number of hydrogen-bond donors (Lipinski definition) is 0. The number of fused-ring (bicyclic) bond motifs is 1. The van der Waals surface area contributed by atoms with E-state index in [1.54, 1.807) is 0 Å². The molecule has 1 fully saturated rings. The van der Waals surface area contributed by atoms with Gasteiger partial charge in [-0.2, -0.15) is 5.10 Å². The summed E-state index contributed by atoms with van der Waals surface area (Å²) in [4.78, 5) is 16.6. The molecule has 0 bridgehead atoms. The quantitative estimate of drug-likeness (QED) is 0.791. The third-order valence-corrected chi connectivity index (χ3v) is 5.49. The van der Waals surface area contributed by atoms with Gasteiger partial charge in [0.05, 0.1) is 24.0 Å². The average Bonchev–Trinajstić information content (AvgIpc) is 3.37. The van der Waals surface area contributed by atoms with Crippen LogP contribution in [0.4, 0.5) is 0 Å². The van der Waals surface area contributed by atoms with Gasteiger partial charge in [0.25, 0.3) is 0 Å². The summed E-state index contributed by atoms with van der Waals surface area (Å²) in [6, 6.07) is 2.04. The van der Waals surface area contributed by atoms with Gasteiger partial charge in [0.1, 0.15) is 12.4 Å². The molecule has 2 aliphatic heterocycles. The van der Waals surface area contributed by atoms with E-state index >= 15 is 0 Å². The monoisotopic (exact) mass is 373 g/mol. The summed E-state index contributed by atoms with van der Waals surface area (Å²) in [5.41, 5.74) is 3.19. The van der Waals surface area contributed by atoms with Crippen molar-refractivity contribution < 1.29 is 14.1 Å². The van der Waals surface area contributed by atoms with Crippen molar-refractivity contribution in [3.8, 4) is 0 Å². The van der Waals surface area contributed by atoms with Crippen molar-refractivity contribution in [2.24, 2.45) is 0 Å². The summed E-state index contributed by atoms with van der Waals surface area (Å²) in [5.74, 6) is 0.946. The van der Waals surface area contributed by atoms with Gasteiger partial charge in [-0.3, -0.25) is 14.4 Å². The van der Waals surface area contributed by atoms with Crippen LogP contribution in [-0.2, 0) is 29.2 Å². The average molecular weight is 373 g/mol.